The zero-order valence-corrected chi connectivity index (χ0v) is 11.8. The molecule has 0 spiro atoms. The SMILES string of the molecule is CCOc1ccc2[nH]c(-c3cc(C)nn3CC)nc2n1. The second kappa shape index (κ2) is 4.96. The van der Waals surface area contributed by atoms with Gasteiger partial charge < -0.3 is 9.72 Å². The molecule has 3 aromatic rings. The second-order valence-corrected chi connectivity index (χ2v) is 4.53. The zero-order valence-electron chi connectivity index (χ0n) is 11.8. The van der Waals surface area contributed by atoms with E-state index < -0.39 is 0 Å². The minimum atomic E-state index is 0.595. The van der Waals surface area contributed by atoms with Crippen LogP contribution in [0.1, 0.15) is 19.5 Å². The van der Waals surface area contributed by atoms with Crippen molar-refractivity contribution in [3.63, 3.8) is 0 Å². The minimum absolute atomic E-state index is 0.595. The summed E-state index contributed by atoms with van der Waals surface area (Å²) in [7, 11) is 0. The first-order valence-corrected chi connectivity index (χ1v) is 6.75. The molecule has 0 radical (unpaired) electrons. The first kappa shape index (κ1) is 12.7. The molecule has 6 heteroatoms. The summed E-state index contributed by atoms with van der Waals surface area (Å²) in [6.45, 7) is 7.37. The van der Waals surface area contributed by atoms with E-state index in [2.05, 4.69) is 27.0 Å². The Morgan fingerprint density at radius 2 is 2.10 bits per heavy atom. The van der Waals surface area contributed by atoms with Crippen LogP contribution in [0.2, 0.25) is 0 Å². The van der Waals surface area contributed by atoms with Crippen molar-refractivity contribution in [1.29, 1.82) is 0 Å². The van der Waals surface area contributed by atoms with Crippen LogP contribution in [0.25, 0.3) is 22.7 Å². The van der Waals surface area contributed by atoms with Crippen LogP contribution in [0.15, 0.2) is 18.2 Å². The molecule has 0 fully saturated rings. The van der Waals surface area contributed by atoms with Crippen molar-refractivity contribution < 1.29 is 4.74 Å². The number of imidazole rings is 1. The van der Waals surface area contributed by atoms with Gasteiger partial charge in [-0.15, -0.1) is 0 Å². The van der Waals surface area contributed by atoms with E-state index >= 15 is 0 Å². The van der Waals surface area contributed by atoms with Gasteiger partial charge in [-0.3, -0.25) is 4.68 Å². The molecule has 0 saturated heterocycles. The molecule has 0 amide bonds. The van der Waals surface area contributed by atoms with E-state index in [-0.39, 0.29) is 0 Å². The monoisotopic (exact) mass is 271 g/mol. The van der Waals surface area contributed by atoms with Gasteiger partial charge in [-0.25, -0.2) is 4.98 Å². The highest BCUT2D eigenvalue weighted by Crippen LogP contribution is 2.22. The van der Waals surface area contributed by atoms with E-state index in [0.717, 1.165) is 29.3 Å². The number of fused-ring (bicyclic) bond motifs is 1. The number of aryl methyl sites for hydroxylation is 2. The number of aromatic nitrogens is 5. The first-order valence-electron chi connectivity index (χ1n) is 6.75. The number of ether oxygens (including phenoxy) is 1. The summed E-state index contributed by atoms with van der Waals surface area (Å²) in [6.07, 6.45) is 0. The number of H-pyrrole nitrogens is 1. The molecule has 3 heterocycles. The minimum Gasteiger partial charge on any atom is -0.478 e. The Balaban J connectivity index is 2.08. The number of nitrogens with zero attached hydrogens (tertiary/aromatic N) is 4. The molecule has 3 aromatic heterocycles. The normalized spacial score (nSPS) is 11.2. The lowest BCUT2D eigenvalue weighted by Crippen LogP contribution is -1.99. The summed E-state index contributed by atoms with van der Waals surface area (Å²) >= 11 is 0. The average Bonchev–Trinajstić information content (AvgIpc) is 3.01. The summed E-state index contributed by atoms with van der Waals surface area (Å²) in [5, 5.41) is 4.43. The van der Waals surface area contributed by atoms with Crippen LogP contribution in [-0.2, 0) is 6.54 Å². The molecule has 0 aliphatic carbocycles. The van der Waals surface area contributed by atoms with Gasteiger partial charge in [0.25, 0.3) is 0 Å². The van der Waals surface area contributed by atoms with Gasteiger partial charge >= 0.3 is 0 Å². The smallest absolute Gasteiger partial charge is 0.215 e. The molecule has 0 saturated carbocycles. The Bertz CT molecular complexity index is 743. The number of hydrogen-bond acceptors (Lipinski definition) is 4. The van der Waals surface area contributed by atoms with Crippen molar-refractivity contribution in [3.05, 3.63) is 23.9 Å². The summed E-state index contributed by atoms with van der Waals surface area (Å²) in [5.74, 6) is 1.38. The zero-order chi connectivity index (χ0) is 14.1. The van der Waals surface area contributed by atoms with Gasteiger partial charge in [-0.1, -0.05) is 0 Å². The molecule has 3 rings (SSSR count). The fourth-order valence-corrected chi connectivity index (χ4v) is 2.20. The maximum absolute atomic E-state index is 5.40. The number of hydrogen-bond donors (Lipinski definition) is 1. The number of pyridine rings is 1. The molecule has 0 atom stereocenters. The van der Waals surface area contributed by atoms with Gasteiger partial charge in [0.15, 0.2) is 11.5 Å². The highest BCUT2D eigenvalue weighted by atomic mass is 16.5. The molecule has 0 bridgehead atoms. The Kier molecular flexibility index (Phi) is 3.14. The molecular formula is C14H17N5O. The van der Waals surface area contributed by atoms with E-state index in [1.54, 1.807) is 0 Å². The summed E-state index contributed by atoms with van der Waals surface area (Å²) in [6, 6.07) is 5.80. The Morgan fingerprint density at radius 3 is 2.85 bits per heavy atom. The van der Waals surface area contributed by atoms with Gasteiger partial charge in [0.05, 0.1) is 17.8 Å². The topological polar surface area (TPSA) is 68.6 Å². The number of nitrogens with one attached hydrogen (secondary N) is 1. The summed E-state index contributed by atoms with van der Waals surface area (Å²) in [4.78, 5) is 12.2. The molecule has 104 valence electrons. The maximum Gasteiger partial charge on any atom is 0.215 e. The molecular weight excluding hydrogens is 254 g/mol. The van der Waals surface area contributed by atoms with Crippen molar-refractivity contribution in [2.45, 2.75) is 27.3 Å². The van der Waals surface area contributed by atoms with Crippen LogP contribution in [0.4, 0.5) is 0 Å². The van der Waals surface area contributed by atoms with Crippen LogP contribution in [0.5, 0.6) is 5.88 Å². The number of rotatable bonds is 4. The van der Waals surface area contributed by atoms with Crippen molar-refractivity contribution in [2.75, 3.05) is 6.61 Å². The lowest BCUT2D eigenvalue weighted by molar-refractivity contribution is 0.328. The molecule has 20 heavy (non-hydrogen) atoms. The molecule has 6 nitrogen and oxygen atoms in total. The van der Waals surface area contributed by atoms with Crippen LogP contribution in [0.3, 0.4) is 0 Å². The quantitative estimate of drug-likeness (QED) is 0.791. The van der Waals surface area contributed by atoms with Crippen LogP contribution >= 0.6 is 0 Å². The lowest BCUT2D eigenvalue weighted by atomic mass is 10.3. The predicted octanol–water partition coefficient (Wildman–Crippen LogP) is 2.55. The Morgan fingerprint density at radius 1 is 1.25 bits per heavy atom. The van der Waals surface area contributed by atoms with Crippen molar-refractivity contribution in [3.8, 4) is 17.4 Å². The van der Waals surface area contributed by atoms with E-state index in [4.69, 9.17) is 4.74 Å². The summed E-state index contributed by atoms with van der Waals surface area (Å²) in [5.41, 5.74) is 3.50. The van der Waals surface area contributed by atoms with Crippen LogP contribution in [0, 0.1) is 6.92 Å². The molecule has 0 aliphatic rings. The lowest BCUT2D eigenvalue weighted by Gasteiger charge is -1.99. The maximum atomic E-state index is 5.40. The third kappa shape index (κ3) is 2.13. The third-order valence-electron chi connectivity index (χ3n) is 3.06. The molecule has 0 unspecified atom stereocenters. The predicted molar refractivity (Wildman–Crippen MR) is 76.7 cm³/mol. The third-order valence-corrected chi connectivity index (χ3v) is 3.06. The van der Waals surface area contributed by atoms with Crippen LogP contribution < -0.4 is 4.74 Å². The van der Waals surface area contributed by atoms with Crippen molar-refractivity contribution >= 4 is 11.2 Å². The van der Waals surface area contributed by atoms with Gasteiger partial charge in [-0.2, -0.15) is 10.1 Å². The van der Waals surface area contributed by atoms with E-state index in [9.17, 15) is 0 Å². The highest BCUT2D eigenvalue weighted by molar-refractivity contribution is 5.75. The van der Waals surface area contributed by atoms with Gasteiger partial charge in [0.1, 0.15) is 5.69 Å². The van der Waals surface area contributed by atoms with E-state index in [1.165, 1.54) is 0 Å². The fraction of sp³-hybridized carbons (Fsp3) is 0.357. The molecule has 0 aromatic carbocycles. The first-order chi connectivity index (χ1) is 9.71. The largest absolute Gasteiger partial charge is 0.478 e. The van der Waals surface area contributed by atoms with Crippen molar-refractivity contribution in [1.82, 2.24) is 24.7 Å². The van der Waals surface area contributed by atoms with Gasteiger partial charge in [0.2, 0.25) is 5.88 Å². The molecule has 1 N–H and O–H groups in total. The van der Waals surface area contributed by atoms with Crippen molar-refractivity contribution in [2.24, 2.45) is 0 Å². The fourth-order valence-electron chi connectivity index (χ4n) is 2.20. The van der Waals surface area contributed by atoms with Gasteiger partial charge in [-0.05, 0) is 32.9 Å². The standard InChI is InChI=1S/C14H17N5O/c1-4-19-11(8-9(3)18-19)14-15-10-6-7-12(20-5-2)16-13(10)17-14/h6-8H,4-5H2,1-3H3,(H,15,16,17). The highest BCUT2D eigenvalue weighted by Gasteiger charge is 2.12. The molecule has 0 aliphatic heterocycles. The average molecular weight is 271 g/mol. The summed E-state index contributed by atoms with van der Waals surface area (Å²) < 4.78 is 7.32. The Hall–Kier alpha value is -2.37. The van der Waals surface area contributed by atoms with Gasteiger partial charge in [0, 0.05) is 12.6 Å². The van der Waals surface area contributed by atoms with E-state index in [1.807, 2.05) is 36.7 Å². The van der Waals surface area contributed by atoms with E-state index in [0.29, 0.717) is 18.1 Å². The Labute approximate surface area is 116 Å². The van der Waals surface area contributed by atoms with Crippen LogP contribution in [-0.4, -0.2) is 31.3 Å². The number of aromatic amines is 1. The second-order valence-electron chi connectivity index (χ2n) is 4.53.